The fourth-order valence-corrected chi connectivity index (χ4v) is 4.55. The van der Waals surface area contributed by atoms with Crippen LogP contribution in [0.3, 0.4) is 0 Å². The van der Waals surface area contributed by atoms with Gasteiger partial charge in [-0.3, -0.25) is 13.9 Å². The number of fused-ring (bicyclic) bond motifs is 1. The maximum Gasteiger partial charge on any atom is 0.332 e. The van der Waals surface area contributed by atoms with Crippen LogP contribution in [0.2, 0.25) is 0 Å². The van der Waals surface area contributed by atoms with Crippen LogP contribution < -0.4 is 16.0 Å². The van der Waals surface area contributed by atoms with Crippen molar-refractivity contribution in [3.63, 3.8) is 0 Å². The number of imidazole rings is 1. The van der Waals surface area contributed by atoms with Crippen LogP contribution in [0.4, 0.5) is 0 Å². The molecule has 186 valence electrons. The minimum Gasteiger partial charge on any atom is -0.497 e. The molecule has 0 fully saturated rings. The molecule has 1 unspecified atom stereocenters. The number of aromatic nitrogens is 4. The SMILES string of the molecule is COc1ccc(C2=NOC(Cn3c(-c4ccc(C(C)C)cc4)nc4c3c(=O)n(C)c(=O)n4C)C2)cc1. The number of benzene rings is 2. The molecule has 2 aromatic heterocycles. The lowest BCUT2D eigenvalue weighted by Crippen LogP contribution is -2.37. The lowest BCUT2D eigenvalue weighted by molar-refractivity contribution is 0.0736. The normalized spacial score (nSPS) is 15.4. The van der Waals surface area contributed by atoms with Crippen LogP contribution in [0, 0.1) is 0 Å². The van der Waals surface area contributed by atoms with E-state index in [1.807, 2.05) is 41.0 Å². The fraction of sp³-hybridized carbons (Fsp3) is 0.333. The first-order valence-corrected chi connectivity index (χ1v) is 11.9. The summed E-state index contributed by atoms with van der Waals surface area (Å²) in [5.41, 5.74) is 3.76. The second-order valence-electron chi connectivity index (χ2n) is 9.40. The zero-order valence-electron chi connectivity index (χ0n) is 21.1. The van der Waals surface area contributed by atoms with E-state index in [-0.39, 0.29) is 11.7 Å². The summed E-state index contributed by atoms with van der Waals surface area (Å²) in [6.07, 6.45) is 0.277. The Morgan fingerprint density at radius 2 is 1.67 bits per heavy atom. The van der Waals surface area contributed by atoms with Crippen molar-refractivity contribution >= 4 is 16.9 Å². The Labute approximate surface area is 208 Å². The lowest BCUT2D eigenvalue weighted by Gasteiger charge is -2.14. The van der Waals surface area contributed by atoms with Crippen LogP contribution in [0.5, 0.6) is 5.75 Å². The number of ether oxygens (including phenoxy) is 1. The molecule has 1 aliphatic heterocycles. The van der Waals surface area contributed by atoms with Gasteiger partial charge in [-0.25, -0.2) is 9.78 Å². The Morgan fingerprint density at radius 1 is 1.00 bits per heavy atom. The lowest BCUT2D eigenvalue weighted by atomic mass is 10.0. The zero-order chi connectivity index (χ0) is 25.6. The number of nitrogens with zero attached hydrogens (tertiary/aromatic N) is 5. The summed E-state index contributed by atoms with van der Waals surface area (Å²) in [6, 6.07) is 15.8. The molecule has 5 rings (SSSR count). The Balaban J connectivity index is 1.55. The van der Waals surface area contributed by atoms with Crippen molar-refractivity contribution in [2.24, 2.45) is 19.3 Å². The highest BCUT2D eigenvalue weighted by Crippen LogP contribution is 2.27. The molecule has 9 nitrogen and oxygen atoms in total. The van der Waals surface area contributed by atoms with E-state index in [1.54, 1.807) is 14.2 Å². The third kappa shape index (κ3) is 4.00. The molecule has 4 aromatic rings. The van der Waals surface area contributed by atoms with Crippen LogP contribution in [0.15, 0.2) is 63.3 Å². The molecule has 1 aliphatic rings. The summed E-state index contributed by atoms with van der Waals surface area (Å²) in [5.74, 6) is 1.78. The van der Waals surface area contributed by atoms with Gasteiger partial charge in [0.2, 0.25) is 0 Å². The molecular formula is C27H29N5O4. The summed E-state index contributed by atoms with van der Waals surface area (Å²) in [6.45, 7) is 4.64. The molecule has 0 spiro atoms. The van der Waals surface area contributed by atoms with E-state index in [9.17, 15) is 9.59 Å². The highest BCUT2D eigenvalue weighted by Gasteiger charge is 2.27. The molecule has 0 saturated heterocycles. The van der Waals surface area contributed by atoms with Crippen molar-refractivity contribution in [1.29, 1.82) is 0 Å². The summed E-state index contributed by atoms with van der Waals surface area (Å²) in [7, 11) is 4.74. The van der Waals surface area contributed by atoms with Gasteiger partial charge in [-0.15, -0.1) is 0 Å². The van der Waals surface area contributed by atoms with Gasteiger partial charge in [-0.1, -0.05) is 43.3 Å². The van der Waals surface area contributed by atoms with E-state index in [4.69, 9.17) is 14.6 Å². The minimum atomic E-state index is -0.416. The van der Waals surface area contributed by atoms with Gasteiger partial charge in [0.15, 0.2) is 17.3 Å². The Hall–Kier alpha value is -4.14. The van der Waals surface area contributed by atoms with E-state index < -0.39 is 5.69 Å². The number of hydrogen-bond acceptors (Lipinski definition) is 6. The predicted molar refractivity (Wildman–Crippen MR) is 139 cm³/mol. The summed E-state index contributed by atoms with van der Waals surface area (Å²) in [4.78, 5) is 36.4. The molecular weight excluding hydrogens is 458 g/mol. The molecule has 0 bridgehead atoms. The summed E-state index contributed by atoms with van der Waals surface area (Å²) >= 11 is 0. The topological polar surface area (TPSA) is 92.6 Å². The fourth-order valence-electron chi connectivity index (χ4n) is 4.55. The van der Waals surface area contributed by atoms with Crippen molar-refractivity contribution in [2.75, 3.05) is 7.11 Å². The van der Waals surface area contributed by atoms with Gasteiger partial charge >= 0.3 is 5.69 Å². The second kappa shape index (κ2) is 9.14. The molecule has 0 saturated carbocycles. The molecule has 9 heteroatoms. The number of methoxy groups -OCH3 is 1. The standard InChI is InChI=1S/C27H29N5O4/c1-16(2)17-6-8-19(9-7-17)24-28-25-23(26(33)31(4)27(34)30(25)3)32(24)15-21-14-22(29-36-21)18-10-12-20(35-5)13-11-18/h6-13,16,21H,14-15H2,1-5H3. The number of hydrogen-bond donors (Lipinski definition) is 0. The Morgan fingerprint density at radius 3 is 2.31 bits per heavy atom. The van der Waals surface area contributed by atoms with Gasteiger partial charge in [0.05, 0.1) is 19.4 Å². The first-order valence-electron chi connectivity index (χ1n) is 11.9. The number of aryl methyl sites for hydroxylation is 1. The number of rotatable bonds is 6. The van der Waals surface area contributed by atoms with Crippen LogP contribution in [-0.4, -0.2) is 37.6 Å². The van der Waals surface area contributed by atoms with Gasteiger partial charge < -0.3 is 14.1 Å². The van der Waals surface area contributed by atoms with E-state index in [2.05, 4.69) is 31.1 Å². The molecule has 1 atom stereocenters. The van der Waals surface area contributed by atoms with Crippen LogP contribution in [-0.2, 0) is 25.5 Å². The van der Waals surface area contributed by atoms with E-state index >= 15 is 0 Å². The van der Waals surface area contributed by atoms with E-state index in [1.165, 1.54) is 17.2 Å². The van der Waals surface area contributed by atoms with Crippen LogP contribution in [0.25, 0.3) is 22.6 Å². The van der Waals surface area contributed by atoms with E-state index in [0.29, 0.717) is 35.9 Å². The van der Waals surface area contributed by atoms with E-state index in [0.717, 1.165) is 27.2 Å². The summed E-state index contributed by atoms with van der Waals surface area (Å²) in [5, 5.41) is 4.31. The monoisotopic (exact) mass is 487 g/mol. The predicted octanol–water partition coefficient (Wildman–Crippen LogP) is 3.43. The van der Waals surface area contributed by atoms with Gasteiger partial charge in [-0.05, 0) is 41.3 Å². The zero-order valence-corrected chi connectivity index (χ0v) is 21.1. The maximum atomic E-state index is 13.2. The molecule has 36 heavy (non-hydrogen) atoms. The van der Waals surface area contributed by atoms with Crippen molar-refractivity contribution in [1.82, 2.24) is 18.7 Å². The van der Waals surface area contributed by atoms with Gasteiger partial charge in [0.25, 0.3) is 5.56 Å². The molecule has 0 N–H and O–H groups in total. The molecule has 3 heterocycles. The van der Waals surface area contributed by atoms with Crippen molar-refractivity contribution < 1.29 is 9.57 Å². The van der Waals surface area contributed by atoms with Gasteiger partial charge in [0, 0.05) is 26.1 Å². The van der Waals surface area contributed by atoms with Gasteiger partial charge in [-0.2, -0.15) is 0 Å². The quantitative estimate of drug-likeness (QED) is 0.416. The van der Waals surface area contributed by atoms with Crippen LogP contribution >= 0.6 is 0 Å². The summed E-state index contributed by atoms with van der Waals surface area (Å²) < 4.78 is 9.62. The Kier molecular flexibility index (Phi) is 5.99. The van der Waals surface area contributed by atoms with Crippen molar-refractivity contribution in [3.05, 3.63) is 80.5 Å². The highest BCUT2D eigenvalue weighted by atomic mass is 16.6. The highest BCUT2D eigenvalue weighted by molar-refractivity contribution is 6.01. The molecule has 0 aliphatic carbocycles. The first kappa shape index (κ1) is 23.6. The Bertz CT molecular complexity index is 1570. The average Bonchev–Trinajstić information content (AvgIpc) is 3.52. The third-order valence-corrected chi connectivity index (χ3v) is 6.73. The molecule has 2 aromatic carbocycles. The second-order valence-corrected chi connectivity index (χ2v) is 9.40. The van der Waals surface area contributed by atoms with Crippen molar-refractivity contribution in [3.8, 4) is 17.1 Å². The van der Waals surface area contributed by atoms with Crippen LogP contribution in [0.1, 0.15) is 37.3 Å². The van der Waals surface area contributed by atoms with Crippen molar-refractivity contribution in [2.45, 2.75) is 38.8 Å². The molecule has 0 amide bonds. The smallest absolute Gasteiger partial charge is 0.332 e. The first-order chi connectivity index (χ1) is 17.3. The number of oxime groups is 1. The third-order valence-electron chi connectivity index (χ3n) is 6.73. The minimum absolute atomic E-state index is 0.296. The maximum absolute atomic E-state index is 13.2. The van der Waals surface area contributed by atoms with Gasteiger partial charge in [0.1, 0.15) is 11.6 Å². The average molecular weight is 488 g/mol. The molecule has 0 radical (unpaired) electrons. The largest absolute Gasteiger partial charge is 0.497 e.